The number of nitrogens with one attached hydrogen (secondary N) is 1. The summed E-state index contributed by atoms with van der Waals surface area (Å²) in [6, 6.07) is 8.00. The highest BCUT2D eigenvalue weighted by atomic mass is 35.5. The lowest BCUT2D eigenvalue weighted by molar-refractivity contribution is 0.353. The van der Waals surface area contributed by atoms with E-state index in [-0.39, 0.29) is 0 Å². The zero-order valence-electron chi connectivity index (χ0n) is 8.33. The molecular weight excluding hydrogens is 196 g/mol. The van der Waals surface area contributed by atoms with Crippen LogP contribution in [0.1, 0.15) is 0 Å². The monoisotopic (exact) mass is 210 g/mol. The number of benzene rings is 1. The normalized spacial score (nSPS) is 16.4. The Kier molecular flexibility index (Phi) is 2.94. The molecule has 1 aliphatic rings. The third kappa shape index (κ3) is 2.20. The first kappa shape index (κ1) is 9.81. The Morgan fingerprint density at radius 1 is 1.36 bits per heavy atom. The maximum atomic E-state index is 5.83. The summed E-state index contributed by atoms with van der Waals surface area (Å²) in [7, 11) is 2.13. The molecule has 0 bridgehead atoms. The standard InChI is InChI=1S/C11H15ClN2/c1-14(8-9-6-13-7-9)11-4-2-10(12)3-5-11/h2-5,9,13H,6-8H2,1H3. The molecule has 2 rings (SSSR count). The topological polar surface area (TPSA) is 15.3 Å². The predicted molar refractivity (Wildman–Crippen MR) is 61.1 cm³/mol. The van der Waals surface area contributed by atoms with Gasteiger partial charge in [0.25, 0.3) is 0 Å². The molecule has 0 aromatic heterocycles. The molecule has 1 heterocycles. The summed E-state index contributed by atoms with van der Waals surface area (Å²) >= 11 is 5.83. The zero-order chi connectivity index (χ0) is 9.97. The highest BCUT2D eigenvalue weighted by Gasteiger charge is 2.18. The van der Waals surface area contributed by atoms with Crippen molar-refractivity contribution in [2.45, 2.75) is 0 Å². The SMILES string of the molecule is CN(CC1CNC1)c1ccc(Cl)cc1. The fraction of sp³-hybridized carbons (Fsp3) is 0.455. The van der Waals surface area contributed by atoms with E-state index >= 15 is 0 Å². The van der Waals surface area contributed by atoms with Crippen LogP contribution in [-0.4, -0.2) is 26.7 Å². The molecule has 2 nitrogen and oxygen atoms in total. The van der Waals surface area contributed by atoms with E-state index in [0.717, 1.165) is 30.6 Å². The fourth-order valence-corrected chi connectivity index (χ4v) is 1.79. The van der Waals surface area contributed by atoms with Gasteiger partial charge in [-0.2, -0.15) is 0 Å². The molecule has 1 aromatic carbocycles. The van der Waals surface area contributed by atoms with Crippen LogP contribution >= 0.6 is 11.6 Å². The van der Waals surface area contributed by atoms with Crippen LogP contribution in [0.25, 0.3) is 0 Å². The van der Waals surface area contributed by atoms with Gasteiger partial charge in [-0.3, -0.25) is 0 Å². The second kappa shape index (κ2) is 4.20. The van der Waals surface area contributed by atoms with Crippen molar-refractivity contribution >= 4 is 17.3 Å². The van der Waals surface area contributed by atoms with Crippen LogP contribution in [0.2, 0.25) is 5.02 Å². The minimum atomic E-state index is 0.799. The largest absolute Gasteiger partial charge is 0.374 e. The van der Waals surface area contributed by atoms with E-state index in [2.05, 4.69) is 29.4 Å². The summed E-state index contributed by atoms with van der Waals surface area (Å²) in [6.07, 6.45) is 0. The van der Waals surface area contributed by atoms with E-state index < -0.39 is 0 Å². The van der Waals surface area contributed by atoms with E-state index in [1.807, 2.05) is 12.1 Å². The molecule has 1 fully saturated rings. The van der Waals surface area contributed by atoms with Crippen molar-refractivity contribution in [3.05, 3.63) is 29.3 Å². The molecule has 14 heavy (non-hydrogen) atoms. The molecule has 0 unspecified atom stereocenters. The number of hydrogen-bond donors (Lipinski definition) is 1. The van der Waals surface area contributed by atoms with Crippen LogP contribution < -0.4 is 10.2 Å². The van der Waals surface area contributed by atoms with Crippen LogP contribution in [0.5, 0.6) is 0 Å². The smallest absolute Gasteiger partial charge is 0.0407 e. The van der Waals surface area contributed by atoms with Crippen molar-refractivity contribution < 1.29 is 0 Å². The minimum Gasteiger partial charge on any atom is -0.374 e. The molecule has 0 saturated carbocycles. The highest BCUT2D eigenvalue weighted by Crippen LogP contribution is 2.18. The van der Waals surface area contributed by atoms with E-state index in [1.54, 1.807) is 0 Å². The lowest BCUT2D eigenvalue weighted by atomic mass is 10.0. The Morgan fingerprint density at radius 3 is 2.50 bits per heavy atom. The summed E-state index contributed by atoms with van der Waals surface area (Å²) in [4.78, 5) is 2.28. The van der Waals surface area contributed by atoms with Gasteiger partial charge in [0.1, 0.15) is 0 Å². The summed E-state index contributed by atoms with van der Waals surface area (Å²) in [5, 5.41) is 4.08. The second-order valence-corrected chi connectivity index (χ2v) is 4.32. The molecule has 0 radical (unpaired) electrons. The van der Waals surface area contributed by atoms with Crippen molar-refractivity contribution in [1.82, 2.24) is 5.32 Å². The fourth-order valence-electron chi connectivity index (χ4n) is 1.67. The van der Waals surface area contributed by atoms with E-state index in [4.69, 9.17) is 11.6 Å². The quantitative estimate of drug-likeness (QED) is 0.821. The van der Waals surface area contributed by atoms with Gasteiger partial charge in [0.05, 0.1) is 0 Å². The average Bonchev–Trinajstić information content (AvgIpc) is 2.12. The van der Waals surface area contributed by atoms with Crippen LogP contribution in [-0.2, 0) is 0 Å². The third-order valence-corrected chi connectivity index (χ3v) is 2.92. The van der Waals surface area contributed by atoms with Gasteiger partial charge in [-0.1, -0.05) is 11.6 Å². The number of halogens is 1. The Bertz CT molecular complexity index is 293. The molecular formula is C11H15ClN2. The molecule has 1 aliphatic heterocycles. The summed E-state index contributed by atoms with van der Waals surface area (Å²) < 4.78 is 0. The van der Waals surface area contributed by atoms with Crippen molar-refractivity contribution in [3.63, 3.8) is 0 Å². The lowest BCUT2D eigenvalue weighted by Gasteiger charge is -2.32. The predicted octanol–water partition coefficient (Wildman–Crippen LogP) is 2.00. The van der Waals surface area contributed by atoms with E-state index in [9.17, 15) is 0 Å². The molecule has 1 N–H and O–H groups in total. The average molecular weight is 211 g/mol. The molecule has 1 saturated heterocycles. The van der Waals surface area contributed by atoms with Crippen LogP contribution in [0, 0.1) is 5.92 Å². The van der Waals surface area contributed by atoms with Gasteiger partial charge in [0.15, 0.2) is 0 Å². The molecule has 3 heteroatoms. The van der Waals surface area contributed by atoms with E-state index in [0.29, 0.717) is 0 Å². The first-order chi connectivity index (χ1) is 6.75. The minimum absolute atomic E-state index is 0.799. The van der Waals surface area contributed by atoms with Gasteiger partial charge in [-0.05, 0) is 24.3 Å². The first-order valence-electron chi connectivity index (χ1n) is 4.93. The van der Waals surface area contributed by atoms with Gasteiger partial charge in [-0.15, -0.1) is 0 Å². The number of hydrogen-bond acceptors (Lipinski definition) is 2. The lowest BCUT2D eigenvalue weighted by Crippen LogP contribution is -2.47. The molecule has 0 amide bonds. The highest BCUT2D eigenvalue weighted by molar-refractivity contribution is 6.30. The van der Waals surface area contributed by atoms with Gasteiger partial charge in [0, 0.05) is 43.3 Å². The molecule has 0 spiro atoms. The van der Waals surface area contributed by atoms with Crippen molar-refractivity contribution in [2.24, 2.45) is 5.92 Å². The Balaban J connectivity index is 1.95. The Labute approximate surface area is 89.9 Å². The van der Waals surface area contributed by atoms with Gasteiger partial charge in [-0.25, -0.2) is 0 Å². The van der Waals surface area contributed by atoms with Crippen LogP contribution in [0.4, 0.5) is 5.69 Å². The maximum absolute atomic E-state index is 5.83. The summed E-state index contributed by atoms with van der Waals surface area (Å²) in [5.74, 6) is 0.802. The van der Waals surface area contributed by atoms with Crippen LogP contribution in [0.3, 0.4) is 0 Å². The first-order valence-corrected chi connectivity index (χ1v) is 5.31. The zero-order valence-corrected chi connectivity index (χ0v) is 9.09. The Morgan fingerprint density at radius 2 is 2.00 bits per heavy atom. The van der Waals surface area contributed by atoms with Crippen LogP contribution in [0.15, 0.2) is 24.3 Å². The second-order valence-electron chi connectivity index (χ2n) is 3.88. The maximum Gasteiger partial charge on any atom is 0.0407 e. The molecule has 0 aliphatic carbocycles. The van der Waals surface area contributed by atoms with Crippen molar-refractivity contribution in [2.75, 3.05) is 31.6 Å². The van der Waals surface area contributed by atoms with Gasteiger partial charge in [0.2, 0.25) is 0 Å². The third-order valence-electron chi connectivity index (χ3n) is 2.67. The summed E-state index contributed by atoms with van der Waals surface area (Å²) in [6.45, 7) is 3.42. The number of nitrogens with zero attached hydrogens (tertiary/aromatic N) is 1. The van der Waals surface area contributed by atoms with Gasteiger partial charge < -0.3 is 10.2 Å². The molecule has 76 valence electrons. The number of rotatable bonds is 3. The molecule has 1 aromatic rings. The number of anilines is 1. The Hall–Kier alpha value is -0.730. The van der Waals surface area contributed by atoms with Gasteiger partial charge >= 0.3 is 0 Å². The molecule has 0 atom stereocenters. The summed E-state index contributed by atoms with van der Waals surface area (Å²) in [5.41, 5.74) is 1.24. The van der Waals surface area contributed by atoms with Crippen molar-refractivity contribution in [3.8, 4) is 0 Å². The van der Waals surface area contributed by atoms with E-state index in [1.165, 1.54) is 5.69 Å². The van der Waals surface area contributed by atoms with Crippen molar-refractivity contribution in [1.29, 1.82) is 0 Å².